The van der Waals surface area contributed by atoms with E-state index in [0.29, 0.717) is 30.1 Å². The molecule has 0 bridgehead atoms. The molecule has 0 fully saturated rings. The lowest BCUT2D eigenvalue weighted by molar-refractivity contribution is -0.131. The first kappa shape index (κ1) is 34.6. The number of rotatable bonds is 17. The van der Waals surface area contributed by atoms with Crippen molar-refractivity contribution in [1.82, 2.24) is 16.0 Å². The van der Waals surface area contributed by atoms with Crippen LogP contribution in [0.5, 0.6) is 17.2 Å². The standard InChI is InChI=1S/C35H43N3O7/c1-24(2)19-31(37-34(41)32(20-25(3)4)38-35(42)44-22-26-11-7-5-8-12-26)33(40)36-21-27(39)23-43-28-15-17-30(18-16-28)45-29-13-9-6-10-14-29/h5-18,24-25,31-32H,19-23H2,1-4H3,(H,36,40)(H,37,41)(H,38,42)/t31-,32+/m0/s1. The largest absolute Gasteiger partial charge is 0.486 e. The van der Waals surface area contributed by atoms with E-state index in [9.17, 15) is 19.2 Å². The van der Waals surface area contributed by atoms with Crippen LogP contribution in [0.2, 0.25) is 0 Å². The molecule has 3 N–H and O–H groups in total. The zero-order valence-electron chi connectivity index (χ0n) is 26.3. The van der Waals surface area contributed by atoms with Crippen molar-refractivity contribution in [3.05, 3.63) is 90.5 Å². The summed E-state index contributed by atoms with van der Waals surface area (Å²) in [6.45, 7) is 7.25. The Morgan fingerprint density at radius 3 is 1.78 bits per heavy atom. The zero-order valence-corrected chi connectivity index (χ0v) is 26.3. The van der Waals surface area contributed by atoms with E-state index in [2.05, 4.69) is 16.0 Å². The molecule has 3 aromatic rings. The van der Waals surface area contributed by atoms with E-state index in [1.165, 1.54) is 0 Å². The van der Waals surface area contributed by atoms with E-state index in [-0.39, 0.29) is 37.4 Å². The normalized spacial score (nSPS) is 12.1. The maximum absolute atomic E-state index is 13.3. The van der Waals surface area contributed by atoms with Crippen LogP contribution >= 0.6 is 0 Å². The van der Waals surface area contributed by atoms with Crippen molar-refractivity contribution in [2.24, 2.45) is 11.8 Å². The molecule has 45 heavy (non-hydrogen) atoms. The van der Waals surface area contributed by atoms with Gasteiger partial charge in [-0.2, -0.15) is 0 Å². The number of ketones is 1. The summed E-state index contributed by atoms with van der Waals surface area (Å²) in [6, 6.07) is 23.6. The monoisotopic (exact) mass is 617 g/mol. The van der Waals surface area contributed by atoms with Gasteiger partial charge in [0.05, 0.1) is 6.54 Å². The van der Waals surface area contributed by atoms with Crippen LogP contribution in [0.3, 0.4) is 0 Å². The molecule has 0 aliphatic rings. The molecule has 3 aromatic carbocycles. The molecule has 0 unspecified atom stereocenters. The molecule has 0 aliphatic heterocycles. The number of hydrogen-bond acceptors (Lipinski definition) is 7. The highest BCUT2D eigenvalue weighted by Gasteiger charge is 2.28. The molecule has 10 nitrogen and oxygen atoms in total. The van der Waals surface area contributed by atoms with Crippen molar-refractivity contribution >= 4 is 23.7 Å². The first-order chi connectivity index (χ1) is 21.6. The van der Waals surface area contributed by atoms with Gasteiger partial charge < -0.3 is 30.2 Å². The van der Waals surface area contributed by atoms with E-state index >= 15 is 0 Å². The van der Waals surface area contributed by atoms with E-state index in [4.69, 9.17) is 14.2 Å². The van der Waals surface area contributed by atoms with E-state index in [1.807, 2.05) is 88.4 Å². The lowest BCUT2D eigenvalue weighted by atomic mass is 10.00. The van der Waals surface area contributed by atoms with Gasteiger partial charge in [0.2, 0.25) is 11.8 Å². The molecule has 10 heteroatoms. The maximum Gasteiger partial charge on any atom is 0.408 e. The first-order valence-electron chi connectivity index (χ1n) is 15.1. The van der Waals surface area contributed by atoms with Crippen LogP contribution in [0.4, 0.5) is 4.79 Å². The average Bonchev–Trinajstić information content (AvgIpc) is 3.02. The zero-order chi connectivity index (χ0) is 32.6. The highest BCUT2D eigenvalue weighted by molar-refractivity contribution is 5.93. The van der Waals surface area contributed by atoms with Crippen LogP contribution < -0.4 is 25.4 Å². The van der Waals surface area contributed by atoms with Crippen molar-refractivity contribution in [2.45, 2.75) is 59.2 Å². The van der Waals surface area contributed by atoms with E-state index in [1.54, 1.807) is 24.3 Å². The Balaban J connectivity index is 1.49. The third-order valence-corrected chi connectivity index (χ3v) is 6.53. The van der Waals surface area contributed by atoms with Gasteiger partial charge in [-0.1, -0.05) is 76.2 Å². The van der Waals surface area contributed by atoms with Crippen LogP contribution in [0.1, 0.15) is 46.1 Å². The number of alkyl carbamates (subject to hydrolysis) is 1. The molecule has 3 amide bonds. The SMILES string of the molecule is CC(C)C[C@H](NC(=O)[C@@H](CC(C)C)NC(=O)OCc1ccccc1)C(=O)NCC(=O)COc1ccc(Oc2ccccc2)cc1. The summed E-state index contributed by atoms with van der Waals surface area (Å²) >= 11 is 0. The summed E-state index contributed by atoms with van der Waals surface area (Å²) in [5.74, 6) is 0.615. The highest BCUT2D eigenvalue weighted by Crippen LogP contribution is 2.23. The molecule has 3 rings (SSSR count). The molecule has 0 aliphatic carbocycles. The number of carbonyl (C=O) groups is 4. The number of ether oxygens (including phenoxy) is 3. The smallest absolute Gasteiger partial charge is 0.408 e. The van der Waals surface area contributed by atoms with E-state index < -0.39 is 30.0 Å². The second kappa shape index (κ2) is 18.1. The van der Waals surface area contributed by atoms with Gasteiger partial charge in [0.1, 0.15) is 42.5 Å². The minimum Gasteiger partial charge on any atom is -0.486 e. The number of carbonyl (C=O) groups excluding carboxylic acids is 4. The summed E-state index contributed by atoms with van der Waals surface area (Å²) in [6.07, 6.45) is -0.0438. The Morgan fingerprint density at radius 1 is 0.644 bits per heavy atom. The molecule has 2 atom stereocenters. The fourth-order valence-electron chi connectivity index (χ4n) is 4.34. The van der Waals surface area contributed by atoms with E-state index in [0.717, 1.165) is 5.56 Å². The summed E-state index contributed by atoms with van der Waals surface area (Å²) < 4.78 is 16.6. The van der Waals surface area contributed by atoms with Gasteiger partial charge in [-0.3, -0.25) is 14.4 Å². The van der Waals surface area contributed by atoms with Gasteiger partial charge in [-0.15, -0.1) is 0 Å². The van der Waals surface area contributed by atoms with Gasteiger partial charge in [0.25, 0.3) is 0 Å². The number of Topliss-reactive ketones (excluding diaryl/α,β-unsaturated/α-hetero) is 1. The van der Waals surface area contributed by atoms with Gasteiger partial charge >= 0.3 is 6.09 Å². The molecule has 240 valence electrons. The molecule has 0 saturated heterocycles. The molecule has 0 aromatic heterocycles. The summed E-state index contributed by atoms with van der Waals surface area (Å²) in [5.41, 5.74) is 0.817. The number of hydrogen-bond donors (Lipinski definition) is 3. The first-order valence-corrected chi connectivity index (χ1v) is 15.1. The Hall–Kier alpha value is -4.86. The lowest BCUT2D eigenvalue weighted by Gasteiger charge is -2.25. The van der Waals surface area contributed by atoms with Gasteiger partial charge in [0.15, 0.2) is 5.78 Å². The third-order valence-electron chi connectivity index (χ3n) is 6.53. The predicted octanol–water partition coefficient (Wildman–Crippen LogP) is 5.42. The fraction of sp³-hybridized carbons (Fsp3) is 0.371. The second-order valence-electron chi connectivity index (χ2n) is 11.5. The average molecular weight is 618 g/mol. The highest BCUT2D eigenvalue weighted by atomic mass is 16.5. The summed E-state index contributed by atoms with van der Waals surface area (Å²) in [4.78, 5) is 51.3. The molecule has 0 heterocycles. The maximum atomic E-state index is 13.3. The van der Waals surface area contributed by atoms with Crippen LogP contribution in [-0.4, -0.2) is 48.9 Å². The lowest BCUT2D eigenvalue weighted by Crippen LogP contribution is -2.55. The number of nitrogens with one attached hydrogen (secondary N) is 3. The Bertz CT molecular complexity index is 1360. The van der Waals surface area contributed by atoms with Crippen LogP contribution in [0, 0.1) is 11.8 Å². The number of amides is 3. The van der Waals surface area contributed by atoms with Crippen LogP contribution in [0.15, 0.2) is 84.9 Å². The molecular formula is C35H43N3O7. The van der Waals surface area contributed by atoms with Crippen LogP contribution in [-0.2, 0) is 25.7 Å². The van der Waals surface area contributed by atoms with Crippen molar-refractivity contribution in [3.63, 3.8) is 0 Å². The number of benzene rings is 3. The number of para-hydroxylation sites is 1. The van der Waals surface area contributed by atoms with Crippen molar-refractivity contribution < 1.29 is 33.4 Å². The van der Waals surface area contributed by atoms with Crippen molar-refractivity contribution in [2.75, 3.05) is 13.2 Å². The predicted molar refractivity (Wildman–Crippen MR) is 171 cm³/mol. The molecule has 0 saturated carbocycles. The van der Waals surface area contributed by atoms with Gasteiger partial charge in [-0.25, -0.2) is 4.79 Å². The minimum atomic E-state index is -0.907. The third kappa shape index (κ3) is 13.1. The molecular weight excluding hydrogens is 574 g/mol. The molecule has 0 spiro atoms. The topological polar surface area (TPSA) is 132 Å². The van der Waals surface area contributed by atoms with Crippen LogP contribution in [0.25, 0.3) is 0 Å². The van der Waals surface area contributed by atoms with Crippen molar-refractivity contribution in [1.29, 1.82) is 0 Å². The Labute approximate surface area is 264 Å². The summed E-state index contributed by atoms with van der Waals surface area (Å²) in [7, 11) is 0. The summed E-state index contributed by atoms with van der Waals surface area (Å²) in [5, 5.41) is 8.00. The van der Waals surface area contributed by atoms with Gasteiger partial charge in [-0.05, 0) is 66.6 Å². The fourth-order valence-corrected chi connectivity index (χ4v) is 4.34. The quantitative estimate of drug-likeness (QED) is 0.184. The van der Waals surface area contributed by atoms with Crippen molar-refractivity contribution in [3.8, 4) is 17.2 Å². The Kier molecular flexibility index (Phi) is 13.9. The molecule has 0 radical (unpaired) electrons. The van der Waals surface area contributed by atoms with Gasteiger partial charge in [0, 0.05) is 0 Å². The minimum absolute atomic E-state index is 0.0623. The Morgan fingerprint density at radius 2 is 1.18 bits per heavy atom. The second-order valence-corrected chi connectivity index (χ2v) is 11.5.